The van der Waals surface area contributed by atoms with Crippen LogP contribution in [0.4, 0.5) is 0 Å². The van der Waals surface area contributed by atoms with Crippen LogP contribution in [0.2, 0.25) is 0 Å². The maximum Gasteiger partial charge on any atom is 0.240 e. The number of nitrogens with one attached hydrogen (secondary N) is 1. The van der Waals surface area contributed by atoms with Gasteiger partial charge in [-0.1, -0.05) is 36.9 Å². The lowest BCUT2D eigenvalue weighted by Crippen LogP contribution is -2.25. The number of unbranched alkanes of at least 4 members (excludes halogenated alkanes) is 1. The molecule has 1 aliphatic carbocycles. The van der Waals surface area contributed by atoms with Crippen LogP contribution in [0.25, 0.3) is 0 Å². The van der Waals surface area contributed by atoms with Gasteiger partial charge < -0.3 is 0 Å². The van der Waals surface area contributed by atoms with Crippen LogP contribution in [0.1, 0.15) is 24.8 Å². The van der Waals surface area contributed by atoms with Crippen LogP contribution in [0.3, 0.4) is 0 Å². The van der Waals surface area contributed by atoms with Crippen molar-refractivity contribution in [2.24, 2.45) is 0 Å². The average molecular weight is 331 g/mol. The molecule has 0 unspecified atom stereocenters. The second-order valence-electron chi connectivity index (χ2n) is 5.51. The quantitative estimate of drug-likeness (QED) is 0.617. The maximum atomic E-state index is 12.2. The average Bonchev–Trinajstić information content (AvgIpc) is 2.51. The first kappa shape index (κ1) is 17.4. The summed E-state index contributed by atoms with van der Waals surface area (Å²) >= 11 is 0. The summed E-state index contributed by atoms with van der Waals surface area (Å²) in [6.45, 7) is 5.94. The molecule has 1 aliphatic rings. The van der Waals surface area contributed by atoms with E-state index >= 15 is 0 Å². The first-order chi connectivity index (χ1) is 10.9. The fraction of sp³-hybridized carbons (Fsp3) is 0.278. The molecule has 0 bridgehead atoms. The van der Waals surface area contributed by atoms with Crippen molar-refractivity contribution in [2.75, 3.05) is 6.54 Å². The van der Waals surface area contributed by atoms with Crippen LogP contribution >= 0.6 is 0 Å². The molecule has 0 fully saturated rings. The molecule has 0 aliphatic heterocycles. The highest BCUT2D eigenvalue weighted by Crippen LogP contribution is 2.20. The minimum atomic E-state index is -3.46. The van der Waals surface area contributed by atoms with Gasteiger partial charge in [-0.05, 0) is 49.5 Å². The van der Waals surface area contributed by atoms with E-state index in [1.807, 2.05) is 12.1 Å². The highest BCUT2D eigenvalue weighted by molar-refractivity contribution is 7.89. The highest BCUT2D eigenvalue weighted by Gasteiger charge is 2.15. The van der Waals surface area contributed by atoms with E-state index in [4.69, 9.17) is 0 Å². The molecule has 0 spiro atoms. The van der Waals surface area contributed by atoms with E-state index in [-0.39, 0.29) is 5.78 Å². The lowest BCUT2D eigenvalue weighted by Gasteiger charge is -2.12. The molecule has 0 saturated carbocycles. The molecule has 23 heavy (non-hydrogen) atoms. The molecule has 4 nitrogen and oxygen atoms in total. The van der Waals surface area contributed by atoms with Gasteiger partial charge in [0.2, 0.25) is 10.0 Å². The number of hydrogen-bond donors (Lipinski definition) is 1. The Bertz CT molecular complexity index is 773. The molecule has 0 radical (unpaired) electrons. The fourth-order valence-corrected chi connectivity index (χ4v) is 3.75. The number of sulfonamides is 1. The number of ketones is 1. The first-order valence-corrected chi connectivity index (χ1v) is 9.06. The third kappa shape index (κ3) is 4.50. The predicted octanol–water partition coefficient (Wildman–Crippen LogP) is 3.07. The Morgan fingerprint density at radius 3 is 2.65 bits per heavy atom. The van der Waals surface area contributed by atoms with E-state index in [9.17, 15) is 13.2 Å². The van der Waals surface area contributed by atoms with E-state index in [2.05, 4.69) is 11.3 Å². The zero-order chi connectivity index (χ0) is 16.9. The number of benzene rings is 1. The van der Waals surface area contributed by atoms with Crippen molar-refractivity contribution in [3.8, 4) is 0 Å². The number of rotatable bonds is 7. The van der Waals surface area contributed by atoms with Crippen molar-refractivity contribution in [3.63, 3.8) is 0 Å². The van der Waals surface area contributed by atoms with Crippen molar-refractivity contribution in [3.05, 3.63) is 65.8 Å². The predicted molar refractivity (Wildman–Crippen MR) is 91.6 cm³/mol. The largest absolute Gasteiger partial charge is 0.289 e. The monoisotopic (exact) mass is 331 g/mol. The summed E-state index contributed by atoms with van der Waals surface area (Å²) in [7, 11) is -3.46. The van der Waals surface area contributed by atoms with Gasteiger partial charge in [0.05, 0.1) is 4.90 Å². The number of allylic oxidation sites excluding steroid dienone is 5. The van der Waals surface area contributed by atoms with E-state index < -0.39 is 10.0 Å². The van der Waals surface area contributed by atoms with Gasteiger partial charge in [0.15, 0.2) is 5.78 Å². The fourth-order valence-electron chi connectivity index (χ4n) is 2.43. The van der Waals surface area contributed by atoms with Gasteiger partial charge in [0, 0.05) is 12.1 Å². The Morgan fingerprint density at radius 1 is 1.17 bits per heavy atom. The molecular formula is C18H21NO3S. The summed E-state index contributed by atoms with van der Waals surface area (Å²) in [6, 6.07) is 6.91. The van der Waals surface area contributed by atoms with Crippen LogP contribution in [-0.2, 0) is 14.8 Å². The Kier molecular flexibility index (Phi) is 5.69. The summed E-state index contributed by atoms with van der Waals surface area (Å²) < 4.78 is 27.1. The summed E-state index contributed by atoms with van der Waals surface area (Å²) in [4.78, 5) is 11.8. The van der Waals surface area contributed by atoms with E-state index in [0.717, 1.165) is 24.0 Å². The van der Waals surface area contributed by atoms with Gasteiger partial charge in [-0.3, -0.25) is 4.79 Å². The minimum absolute atomic E-state index is 0.0530. The van der Waals surface area contributed by atoms with E-state index in [1.54, 1.807) is 31.2 Å². The van der Waals surface area contributed by atoms with E-state index in [0.29, 0.717) is 23.4 Å². The SMILES string of the molecule is C=C1C(=O)C=CC=C1CCCCNS(=O)(=O)c1ccccc1C. The highest BCUT2D eigenvalue weighted by atomic mass is 32.2. The zero-order valence-electron chi connectivity index (χ0n) is 13.2. The maximum absolute atomic E-state index is 12.2. The van der Waals surface area contributed by atoms with Crippen molar-refractivity contribution < 1.29 is 13.2 Å². The summed E-state index contributed by atoms with van der Waals surface area (Å²) in [5, 5.41) is 0. The van der Waals surface area contributed by atoms with Crippen molar-refractivity contribution in [1.82, 2.24) is 4.72 Å². The Morgan fingerprint density at radius 2 is 1.91 bits per heavy atom. The summed E-state index contributed by atoms with van der Waals surface area (Å²) in [5.74, 6) is -0.0530. The Balaban J connectivity index is 1.81. The minimum Gasteiger partial charge on any atom is -0.289 e. The molecular weight excluding hydrogens is 310 g/mol. The second kappa shape index (κ2) is 7.53. The molecule has 0 saturated heterocycles. The standard InChI is InChI=1S/C18H21NO3S/c1-14-8-3-4-12-18(14)23(21,22)19-13-6-5-9-16-10-7-11-17(20)15(16)2/h3-4,7-8,10-12,19H,2,5-6,9,13H2,1H3. The van der Waals surface area contributed by atoms with Gasteiger partial charge in [-0.25, -0.2) is 13.1 Å². The lowest BCUT2D eigenvalue weighted by atomic mass is 9.94. The van der Waals surface area contributed by atoms with Crippen molar-refractivity contribution in [2.45, 2.75) is 31.1 Å². The van der Waals surface area contributed by atoms with Gasteiger partial charge in [0.25, 0.3) is 0 Å². The van der Waals surface area contributed by atoms with Gasteiger partial charge >= 0.3 is 0 Å². The topological polar surface area (TPSA) is 63.2 Å². The number of aryl methyl sites for hydroxylation is 1. The number of carbonyl (C=O) groups is 1. The van der Waals surface area contributed by atoms with Gasteiger partial charge in [0.1, 0.15) is 0 Å². The van der Waals surface area contributed by atoms with Crippen LogP contribution in [-0.4, -0.2) is 20.7 Å². The first-order valence-electron chi connectivity index (χ1n) is 7.58. The van der Waals surface area contributed by atoms with Crippen molar-refractivity contribution in [1.29, 1.82) is 0 Å². The molecule has 1 N–H and O–H groups in total. The molecule has 5 heteroatoms. The van der Waals surface area contributed by atoms with Crippen LogP contribution in [0.15, 0.2) is 65.1 Å². The smallest absolute Gasteiger partial charge is 0.240 e. The number of carbonyl (C=O) groups excluding carboxylic acids is 1. The van der Waals surface area contributed by atoms with Gasteiger partial charge in [-0.2, -0.15) is 0 Å². The van der Waals surface area contributed by atoms with Crippen LogP contribution in [0.5, 0.6) is 0 Å². The third-order valence-electron chi connectivity index (χ3n) is 3.78. The van der Waals surface area contributed by atoms with Crippen molar-refractivity contribution >= 4 is 15.8 Å². The Labute approximate surface area is 137 Å². The lowest BCUT2D eigenvalue weighted by molar-refractivity contribution is -0.111. The second-order valence-corrected chi connectivity index (χ2v) is 7.25. The Hall–Kier alpha value is -1.98. The molecule has 122 valence electrons. The van der Waals surface area contributed by atoms with Crippen LogP contribution in [0, 0.1) is 6.92 Å². The van der Waals surface area contributed by atoms with Gasteiger partial charge in [-0.15, -0.1) is 0 Å². The zero-order valence-corrected chi connectivity index (χ0v) is 14.0. The third-order valence-corrected chi connectivity index (χ3v) is 5.40. The normalized spacial score (nSPS) is 14.9. The summed E-state index contributed by atoms with van der Waals surface area (Å²) in [5.41, 5.74) is 2.20. The molecule has 1 aromatic rings. The van der Waals surface area contributed by atoms with Crippen LogP contribution < -0.4 is 4.72 Å². The molecule has 2 rings (SSSR count). The molecule has 0 aromatic heterocycles. The molecule has 0 amide bonds. The molecule has 0 atom stereocenters. The molecule has 0 heterocycles. The van der Waals surface area contributed by atoms with E-state index in [1.165, 1.54) is 6.08 Å². The molecule has 1 aromatic carbocycles. The summed E-state index contributed by atoms with van der Waals surface area (Å²) in [6.07, 6.45) is 7.34. The number of hydrogen-bond acceptors (Lipinski definition) is 3.